The highest BCUT2D eigenvalue weighted by molar-refractivity contribution is 6.13. The topological polar surface area (TPSA) is 104 Å². The van der Waals surface area contributed by atoms with Gasteiger partial charge in [0.05, 0.1) is 18.9 Å². The number of ether oxygens (including phenoxy) is 1. The molecule has 1 aromatic heterocycles. The van der Waals surface area contributed by atoms with Crippen LogP contribution in [0, 0.1) is 22.5 Å². The third-order valence-corrected chi connectivity index (χ3v) is 7.21. The molecule has 2 atom stereocenters. The van der Waals surface area contributed by atoms with E-state index in [1.165, 1.54) is 17.2 Å². The Bertz CT molecular complexity index is 1400. The Kier molecular flexibility index (Phi) is 9.19. The first-order chi connectivity index (χ1) is 20.1. The van der Waals surface area contributed by atoms with E-state index in [1.54, 1.807) is 39.0 Å². The Balaban J connectivity index is 1.59. The summed E-state index contributed by atoms with van der Waals surface area (Å²) in [5.41, 5.74) is -1.82. The standard InChI is InChI=1S/C29H32F5N5O4/c1-27(2,3)25(41)36-22(15-43-14-18-7-8-19(30)12-21(18)31)24(40)38-11-9-23-28(16-38,13-20-6-4-5-10-35-20)26(42)39(37-23)17-29(32,33)34/h4-8,10,12,22H,9,11,13-17H2,1-3H3,(H,36,41). The number of amides is 3. The second-order valence-corrected chi connectivity index (χ2v) is 11.6. The van der Waals surface area contributed by atoms with Crippen LogP contribution in [0.15, 0.2) is 47.7 Å². The zero-order chi connectivity index (χ0) is 31.6. The van der Waals surface area contributed by atoms with Crippen LogP contribution < -0.4 is 5.32 Å². The molecule has 2 unspecified atom stereocenters. The van der Waals surface area contributed by atoms with Gasteiger partial charge in [-0.1, -0.05) is 32.9 Å². The van der Waals surface area contributed by atoms with Gasteiger partial charge in [0.2, 0.25) is 11.8 Å². The fraction of sp³-hybridized carbons (Fsp3) is 0.483. The fourth-order valence-electron chi connectivity index (χ4n) is 4.96. The number of fused-ring (bicyclic) bond motifs is 1. The summed E-state index contributed by atoms with van der Waals surface area (Å²) in [5.74, 6) is -3.64. The lowest BCUT2D eigenvalue weighted by Gasteiger charge is -2.40. The maximum Gasteiger partial charge on any atom is 0.408 e. The number of pyridine rings is 1. The average molecular weight is 610 g/mol. The minimum absolute atomic E-state index is 0.0141. The molecule has 1 saturated heterocycles. The van der Waals surface area contributed by atoms with E-state index in [0.717, 1.165) is 6.07 Å². The van der Waals surface area contributed by atoms with Gasteiger partial charge in [-0.2, -0.15) is 18.3 Å². The van der Waals surface area contributed by atoms with Crippen LogP contribution in [0.25, 0.3) is 0 Å². The van der Waals surface area contributed by atoms with Crippen molar-refractivity contribution in [3.63, 3.8) is 0 Å². The van der Waals surface area contributed by atoms with Crippen molar-refractivity contribution in [3.8, 4) is 0 Å². The molecule has 1 aromatic carbocycles. The molecule has 9 nitrogen and oxygen atoms in total. The first kappa shape index (κ1) is 32.0. The highest BCUT2D eigenvalue weighted by Crippen LogP contribution is 2.39. The molecule has 14 heteroatoms. The molecular formula is C29H32F5N5O4. The van der Waals surface area contributed by atoms with E-state index in [2.05, 4.69) is 15.4 Å². The van der Waals surface area contributed by atoms with Crippen LogP contribution >= 0.6 is 0 Å². The summed E-state index contributed by atoms with van der Waals surface area (Å²) in [4.78, 5) is 45.8. The maximum atomic E-state index is 14.1. The van der Waals surface area contributed by atoms with Crippen LogP contribution in [0.4, 0.5) is 22.0 Å². The minimum Gasteiger partial charge on any atom is -0.374 e. The number of likely N-dealkylation sites (tertiary alicyclic amines) is 1. The number of rotatable bonds is 9. The van der Waals surface area contributed by atoms with E-state index in [1.807, 2.05) is 0 Å². The summed E-state index contributed by atoms with van der Waals surface area (Å²) in [6.45, 7) is 2.32. The van der Waals surface area contributed by atoms with Crippen LogP contribution in [-0.2, 0) is 32.1 Å². The molecule has 2 aliphatic rings. The van der Waals surface area contributed by atoms with Gasteiger partial charge >= 0.3 is 6.18 Å². The molecular weight excluding hydrogens is 577 g/mol. The lowest BCUT2D eigenvalue weighted by Crippen LogP contribution is -2.60. The Hall–Kier alpha value is -3.94. The molecule has 43 heavy (non-hydrogen) atoms. The number of halogens is 5. The monoisotopic (exact) mass is 609 g/mol. The van der Waals surface area contributed by atoms with Crippen molar-refractivity contribution in [1.82, 2.24) is 20.2 Å². The number of aromatic nitrogens is 1. The van der Waals surface area contributed by atoms with Gasteiger partial charge in [0.1, 0.15) is 29.6 Å². The Morgan fingerprint density at radius 1 is 1.14 bits per heavy atom. The molecule has 0 saturated carbocycles. The zero-order valence-electron chi connectivity index (χ0n) is 23.9. The van der Waals surface area contributed by atoms with Crippen LogP contribution in [0.2, 0.25) is 0 Å². The van der Waals surface area contributed by atoms with Gasteiger partial charge in [-0.15, -0.1) is 0 Å². The molecule has 2 aliphatic heterocycles. The van der Waals surface area contributed by atoms with E-state index in [4.69, 9.17) is 4.74 Å². The second-order valence-electron chi connectivity index (χ2n) is 11.6. The molecule has 0 aliphatic carbocycles. The predicted molar refractivity (Wildman–Crippen MR) is 144 cm³/mol. The third-order valence-electron chi connectivity index (χ3n) is 7.21. The van der Waals surface area contributed by atoms with E-state index in [-0.39, 0.29) is 43.8 Å². The van der Waals surface area contributed by atoms with Crippen LogP contribution in [0.5, 0.6) is 0 Å². The largest absolute Gasteiger partial charge is 0.408 e. The average Bonchev–Trinajstić information content (AvgIpc) is 3.17. The molecule has 4 rings (SSSR count). The fourth-order valence-corrected chi connectivity index (χ4v) is 4.96. The third kappa shape index (κ3) is 7.53. The number of nitrogens with zero attached hydrogens (tertiary/aromatic N) is 4. The van der Waals surface area contributed by atoms with Crippen LogP contribution in [0.3, 0.4) is 0 Å². The maximum absolute atomic E-state index is 14.1. The van der Waals surface area contributed by atoms with Crippen molar-refractivity contribution in [3.05, 3.63) is 65.5 Å². The van der Waals surface area contributed by atoms with Crippen molar-refractivity contribution in [2.45, 2.75) is 52.4 Å². The molecule has 1 fully saturated rings. The predicted octanol–water partition coefficient (Wildman–Crippen LogP) is 3.63. The Morgan fingerprint density at radius 3 is 2.51 bits per heavy atom. The number of hydrazone groups is 1. The number of alkyl halides is 3. The first-order valence-corrected chi connectivity index (χ1v) is 13.6. The van der Waals surface area contributed by atoms with Crippen LogP contribution in [0.1, 0.15) is 38.4 Å². The van der Waals surface area contributed by atoms with Crippen molar-refractivity contribution >= 4 is 23.4 Å². The van der Waals surface area contributed by atoms with Gasteiger partial charge < -0.3 is 15.0 Å². The number of carbonyl (C=O) groups is 3. The van der Waals surface area contributed by atoms with Gasteiger partial charge in [0.25, 0.3) is 5.91 Å². The number of carbonyl (C=O) groups excluding carboxylic acids is 3. The normalized spacial score (nSPS) is 19.6. The molecule has 0 radical (unpaired) electrons. The van der Waals surface area contributed by atoms with Gasteiger partial charge in [0.15, 0.2) is 0 Å². The van der Waals surface area contributed by atoms with Gasteiger partial charge in [-0.3, -0.25) is 19.4 Å². The van der Waals surface area contributed by atoms with E-state index in [0.29, 0.717) is 16.8 Å². The molecule has 2 aromatic rings. The summed E-state index contributed by atoms with van der Waals surface area (Å²) in [7, 11) is 0. The molecule has 3 amide bonds. The number of hydrogen-bond donors (Lipinski definition) is 1. The number of piperidine rings is 1. The highest BCUT2D eigenvalue weighted by Gasteiger charge is 2.56. The lowest BCUT2D eigenvalue weighted by atomic mass is 9.74. The number of nitrogens with one attached hydrogen (secondary N) is 1. The Labute approximate surface area is 245 Å². The molecule has 232 valence electrons. The van der Waals surface area contributed by atoms with Gasteiger partial charge in [-0.05, 0) is 18.2 Å². The highest BCUT2D eigenvalue weighted by atomic mass is 19.4. The van der Waals surface area contributed by atoms with E-state index < -0.39 is 65.6 Å². The van der Waals surface area contributed by atoms with Gasteiger partial charge in [-0.25, -0.2) is 13.8 Å². The molecule has 0 bridgehead atoms. The van der Waals surface area contributed by atoms with Crippen molar-refractivity contribution in [2.24, 2.45) is 15.9 Å². The van der Waals surface area contributed by atoms with Crippen molar-refractivity contribution < 1.29 is 41.1 Å². The van der Waals surface area contributed by atoms with Crippen molar-refractivity contribution in [2.75, 3.05) is 26.2 Å². The van der Waals surface area contributed by atoms with Crippen LogP contribution in [-0.4, -0.2) is 76.8 Å². The lowest BCUT2D eigenvalue weighted by molar-refractivity contribution is -0.164. The molecule has 1 N–H and O–H groups in total. The molecule has 3 heterocycles. The SMILES string of the molecule is CC(C)(C)C(=O)NC(COCc1ccc(F)cc1F)C(=O)N1CCC2=NN(CC(F)(F)F)C(=O)C2(Cc2ccccn2)C1. The second kappa shape index (κ2) is 12.3. The quantitative estimate of drug-likeness (QED) is 0.438. The summed E-state index contributed by atoms with van der Waals surface area (Å²) < 4.78 is 72.8. The Morgan fingerprint density at radius 2 is 1.88 bits per heavy atom. The summed E-state index contributed by atoms with van der Waals surface area (Å²) >= 11 is 0. The summed E-state index contributed by atoms with van der Waals surface area (Å²) in [5, 5.41) is 7.06. The van der Waals surface area contributed by atoms with Crippen molar-refractivity contribution in [1.29, 1.82) is 0 Å². The number of benzene rings is 1. The smallest absolute Gasteiger partial charge is 0.374 e. The zero-order valence-corrected chi connectivity index (χ0v) is 23.9. The van der Waals surface area contributed by atoms with E-state index >= 15 is 0 Å². The minimum atomic E-state index is -4.70. The first-order valence-electron chi connectivity index (χ1n) is 13.6. The molecule has 0 spiro atoms. The van der Waals surface area contributed by atoms with E-state index in [9.17, 15) is 36.3 Å². The van der Waals surface area contributed by atoms with Gasteiger partial charge in [0, 0.05) is 54.9 Å². The summed E-state index contributed by atoms with van der Waals surface area (Å²) in [6.07, 6.45) is -3.29. The number of hydrogen-bond acceptors (Lipinski definition) is 6. The summed E-state index contributed by atoms with van der Waals surface area (Å²) in [6, 6.07) is 6.62.